The Bertz CT molecular complexity index is 1000. The van der Waals surface area contributed by atoms with Gasteiger partial charge in [0.2, 0.25) is 0 Å². The van der Waals surface area contributed by atoms with Gasteiger partial charge in [0.05, 0.1) is 36.3 Å². The van der Waals surface area contributed by atoms with Gasteiger partial charge in [-0.05, 0) is 50.6 Å². The van der Waals surface area contributed by atoms with Gasteiger partial charge in [0.1, 0.15) is 0 Å². The minimum absolute atomic E-state index is 0.0982. The highest BCUT2D eigenvalue weighted by atomic mass is 16.5. The minimum atomic E-state index is -1.14. The Morgan fingerprint density at radius 1 is 1.07 bits per heavy atom. The van der Waals surface area contributed by atoms with Crippen LogP contribution in [-0.4, -0.2) is 41.0 Å². The molecule has 2 unspecified atom stereocenters. The predicted octanol–water partition coefficient (Wildman–Crippen LogP) is 3.12. The Labute approximate surface area is 174 Å². The van der Waals surface area contributed by atoms with Crippen molar-refractivity contribution in [1.29, 1.82) is 0 Å². The van der Waals surface area contributed by atoms with Crippen LogP contribution >= 0.6 is 0 Å². The minimum Gasteiger partial charge on any atom is -0.490 e. The summed E-state index contributed by atoms with van der Waals surface area (Å²) in [6.07, 6.45) is 0. The molecule has 3 N–H and O–H groups in total. The number of benzene rings is 2. The Morgan fingerprint density at radius 3 is 2.33 bits per heavy atom. The zero-order chi connectivity index (χ0) is 22.0. The lowest BCUT2D eigenvalue weighted by molar-refractivity contribution is -0.142. The van der Waals surface area contributed by atoms with Crippen molar-refractivity contribution in [3.8, 4) is 11.5 Å². The summed E-state index contributed by atoms with van der Waals surface area (Å²) < 4.78 is 11.2. The van der Waals surface area contributed by atoms with Crippen LogP contribution in [0, 0.1) is 5.92 Å². The van der Waals surface area contributed by atoms with E-state index >= 15 is 0 Å². The maximum Gasteiger partial charge on any atom is 0.308 e. The van der Waals surface area contributed by atoms with Crippen LogP contribution in [0.5, 0.6) is 11.5 Å². The summed E-state index contributed by atoms with van der Waals surface area (Å²) in [6, 6.07) is 8.49. The molecule has 0 fully saturated rings. The number of nitrogens with two attached hydrogens (primary N) is 1. The quantitative estimate of drug-likeness (QED) is 0.505. The zero-order valence-corrected chi connectivity index (χ0v) is 17.0. The van der Waals surface area contributed by atoms with E-state index in [1.54, 1.807) is 24.3 Å². The van der Waals surface area contributed by atoms with Gasteiger partial charge in [0.25, 0.3) is 11.8 Å². The second kappa shape index (κ2) is 8.44. The van der Waals surface area contributed by atoms with Crippen molar-refractivity contribution in [2.24, 2.45) is 5.92 Å². The van der Waals surface area contributed by atoms with E-state index in [0.29, 0.717) is 30.3 Å². The molecule has 3 rings (SSSR count). The zero-order valence-electron chi connectivity index (χ0n) is 17.0. The van der Waals surface area contributed by atoms with E-state index in [4.69, 9.17) is 15.2 Å². The first-order valence-corrected chi connectivity index (χ1v) is 9.70. The SMILES string of the molecule is CCOc1ccc(C(C(C)C(=O)O)N2C(=O)c3cccc(N)c3C2=O)cc1OCC. The van der Waals surface area contributed by atoms with Crippen LogP contribution < -0.4 is 15.2 Å². The number of hydrogen-bond acceptors (Lipinski definition) is 6. The Hall–Kier alpha value is -3.55. The third-order valence-electron chi connectivity index (χ3n) is 5.03. The molecule has 1 aliphatic heterocycles. The number of nitrogens with zero attached hydrogens (tertiary/aromatic N) is 1. The van der Waals surface area contributed by atoms with Crippen molar-refractivity contribution < 1.29 is 29.0 Å². The number of amides is 2. The standard InChI is InChI=1S/C22H24N2O6/c1-4-29-16-10-9-13(11-17(16)30-5-2)19(12(3)22(27)28)24-20(25)14-7-6-8-15(23)18(14)21(24)26/h6-12,19H,4-5,23H2,1-3H3,(H,27,28). The maximum absolute atomic E-state index is 13.1. The number of ether oxygens (including phenoxy) is 2. The van der Waals surface area contributed by atoms with E-state index in [1.807, 2.05) is 13.8 Å². The monoisotopic (exact) mass is 412 g/mol. The molecule has 158 valence electrons. The highest BCUT2D eigenvalue weighted by Gasteiger charge is 2.45. The average Bonchev–Trinajstić information content (AvgIpc) is 2.96. The van der Waals surface area contributed by atoms with Gasteiger partial charge in [-0.3, -0.25) is 19.3 Å². The number of imide groups is 1. The molecule has 2 aromatic carbocycles. The Kier molecular flexibility index (Phi) is 5.96. The van der Waals surface area contributed by atoms with Crippen LogP contribution in [0.3, 0.4) is 0 Å². The summed E-state index contributed by atoms with van der Waals surface area (Å²) in [4.78, 5) is 39.1. The van der Waals surface area contributed by atoms with Gasteiger partial charge in [-0.25, -0.2) is 0 Å². The predicted molar refractivity (Wildman–Crippen MR) is 110 cm³/mol. The Balaban J connectivity index is 2.13. The first-order chi connectivity index (χ1) is 14.3. The van der Waals surface area contributed by atoms with Gasteiger partial charge in [-0.2, -0.15) is 0 Å². The van der Waals surface area contributed by atoms with Crippen LogP contribution in [0.4, 0.5) is 5.69 Å². The number of rotatable bonds is 8. The molecule has 2 atom stereocenters. The van der Waals surface area contributed by atoms with Crippen molar-refractivity contribution in [2.45, 2.75) is 26.8 Å². The van der Waals surface area contributed by atoms with Crippen molar-refractivity contribution in [1.82, 2.24) is 4.90 Å². The molecule has 1 aliphatic rings. The van der Waals surface area contributed by atoms with Crippen LogP contribution in [0.1, 0.15) is 53.1 Å². The number of hydrogen-bond donors (Lipinski definition) is 2. The first-order valence-electron chi connectivity index (χ1n) is 9.70. The molecule has 0 aliphatic carbocycles. The third-order valence-corrected chi connectivity index (χ3v) is 5.03. The smallest absolute Gasteiger partial charge is 0.308 e. The largest absolute Gasteiger partial charge is 0.490 e. The fraction of sp³-hybridized carbons (Fsp3) is 0.318. The number of carbonyl (C=O) groups excluding carboxylic acids is 2. The summed E-state index contributed by atoms with van der Waals surface area (Å²) >= 11 is 0. The van der Waals surface area contributed by atoms with E-state index in [1.165, 1.54) is 19.1 Å². The summed E-state index contributed by atoms with van der Waals surface area (Å²) in [5.41, 5.74) is 6.82. The number of carboxylic acids is 1. The molecule has 0 aromatic heterocycles. The van der Waals surface area contributed by atoms with E-state index < -0.39 is 29.7 Å². The fourth-order valence-electron chi connectivity index (χ4n) is 3.63. The van der Waals surface area contributed by atoms with E-state index in [-0.39, 0.29) is 16.8 Å². The van der Waals surface area contributed by atoms with Gasteiger partial charge >= 0.3 is 5.97 Å². The van der Waals surface area contributed by atoms with Crippen LogP contribution in [-0.2, 0) is 4.79 Å². The lowest BCUT2D eigenvalue weighted by Crippen LogP contribution is -2.39. The van der Waals surface area contributed by atoms with E-state index in [9.17, 15) is 19.5 Å². The molecule has 0 bridgehead atoms. The summed E-state index contributed by atoms with van der Waals surface area (Å²) in [7, 11) is 0. The van der Waals surface area contributed by atoms with Crippen LogP contribution in [0.2, 0.25) is 0 Å². The Morgan fingerprint density at radius 2 is 1.73 bits per heavy atom. The number of nitrogen functional groups attached to an aromatic ring is 1. The van der Waals surface area contributed by atoms with Gasteiger partial charge in [-0.1, -0.05) is 12.1 Å². The number of fused-ring (bicyclic) bond motifs is 1. The van der Waals surface area contributed by atoms with E-state index in [0.717, 1.165) is 4.90 Å². The molecular formula is C22H24N2O6. The average molecular weight is 412 g/mol. The normalized spacial score (nSPS) is 15.0. The molecule has 2 amide bonds. The molecule has 0 spiro atoms. The van der Waals surface area contributed by atoms with Crippen molar-refractivity contribution >= 4 is 23.5 Å². The van der Waals surface area contributed by atoms with Gasteiger partial charge in [0.15, 0.2) is 11.5 Å². The fourth-order valence-corrected chi connectivity index (χ4v) is 3.63. The molecular weight excluding hydrogens is 388 g/mol. The number of anilines is 1. The highest BCUT2D eigenvalue weighted by molar-refractivity contribution is 6.23. The number of aliphatic carboxylic acids is 1. The van der Waals surface area contributed by atoms with Crippen molar-refractivity contribution in [2.75, 3.05) is 18.9 Å². The van der Waals surface area contributed by atoms with E-state index in [2.05, 4.69) is 0 Å². The summed E-state index contributed by atoms with van der Waals surface area (Å²) in [5, 5.41) is 9.70. The lowest BCUT2D eigenvalue weighted by atomic mass is 9.92. The lowest BCUT2D eigenvalue weighted by Gasteiger charge is -2.30. The maximum atomic E-state index is 13.1. The highest BCUT2D eigenvalue weighted by Crippen LogP contribution is 2.40. The first kappa shape index (κ1) is 21.2. The molecule has 8 nitrogen and oxygen atoms in total. The molecule has 8 heteroatoms. The summed E-state index contributed by atoms with van der Waals surface area (Å²) in [5.74, 6) is -2.49. The molecule has 0 saturated heterocycles. The van der Waals surface area contributed by atoms with Crippen LogP contribution in [0.25, 0.3) is 0 Å². The van der Waals surface area contributed by atoms with Crippen molar-refractivity contribution in [3.05, 3.63) is 53.1 Å². The number of carbonyl (C=O) groups is 3. The molecule has 30 heavy (non-hydrogen) atoms. The molecule has 2 aromatic rings. The topological polar surface area (TPSA) is 119 Å². The van der Waals surface area contributed by atoms with Gasteiger partial charge in [0, 0.05) is 5.69 Å². The van der Waals surface area contributed by atoms with Crippen molar-refractivity contribution in [3.63, 3.8) is 0 Å². The third kappa shape index (κ3) is 3.56. The van der Waals surface area contributed by atoms with Gasteiger partial charge in [-0.15, -0.1) is 0 Å². The van der Waals surface area contributed by atoms with Crippen LogP contribution in [0.15, 0.2) is 36.4 Å². The van der Waals surface area contributed by atoms with Gasteiger partial charge < -0.3 is 20.3 Å². The number of carboxylic acid groups (broad SMARTS) is 1. The second-order valence-corrected chi connectivity index (χ2v) is 6.89. The molecule has 0 saturated carbocycles. The second-order valence-electron chi connectivity index (χ2n) is 6.89. The molecule has 0 radical (unpaired) electrons. The summed E-state index contributed by atoms with van der Waals surface area (Å²) in [6.45, 7) is 5.89. The molecule has 1 heterocycles.